The van der Waals surface area contributed by atoms with Crippen LogP contribution in [-0.2, 0) is 18.3 Å². The van der Waals surface area contributed by atoms with Crippen LogP contribution >= 0.6 is 0 Å². The second kappa shape index (κ2) is 8.57. The van der Waals surface area contributed by atoms with Crippen molar-refractivity contribution in [3.05, 3.63) is 161 Å². The van der Waals surface area contributed by atoms with Crippen LogP contribution in [0.5, 0.6) is 0 Å². The molecule has 0 unspecified atom stereocenters. The molecular weight excluding hydrogens is 506 g/mol. The van der Waals surface area contributed by atoms with Crippen molar-refractivity contribution in [2.45, 2.75) is 32.1 Å². The van der Waals surface area contributed by atoms with Crippen LogP contribution in [0.2, 0.25) is 0 Å². The van der Waals surface area contributed by atoms with Gasteiger partial charge in [0.05, 0.1) is 0 Å². The highest BCUT2D eigenvalue weighted by atomic mass is 15.1. The Kier molecular flexibility index (Phi) is 4.85. The Bertz CT molecular complexity index is 1980. The summed E-state index contributed by atoms with van der Waals surface area (Å²) in [6.07, 6.45) is 2.01. The molecule has 6 aromatic rings. The first kappa shape index (κ1) is 23.8. The number of fused-ring (bicyclic) bond motifs is 9. The second-order valence-electron chi connectivity index (χ2n) is 12.6. The van der Waals surface area contributed by atoms with Gasteiger partial charge in [0.2, 0.25) is 0 Å². The van der Waals surface area contributed by atoms with Gasteiger partial charge in [-0.05, 0) is 116 Å². The van der Waals surface area contributed by atoms with Crippen molar-refractivity contribution in [1.82, 2.24) is 0 Å². The van der Waals surface area contributed by atoms with E-state index in [0.29, 0.717) is 0 Å². The maximum atomic E-state index is 2.47. The number of hydrogen-bond donors (Lipinski definition) is 0. The van der Waals surface area contributed by atoms with Crippen molar-refractivity contribution >= 4 is 17.1 Å². The van der Waals surface area contributed by atoms with E-state index in [4.69, 9.17) is 0 Å². The van der Waals surface area contributed by atoms with Crippen LogP contribution in [0.15, 0.2) is 127 Å². The lowest BCUT2D eigenvalue weighted by Crippen LogP contribution is -2.15. The molecule has 0 spiro atoms. The Hall–Kier alpha value is -4.88. The maximum absolute atomic E-state index is 2.47. The third-order valence-electron chi connectivity index (χ3n) is 9.91. The minimum Gasteiger partial charge on any atom is -0.310 e. The summed E-state index contributed by atoms with van der Waals surface area (Å²) in [5.74, 6) is 0. The summed E-state index contributed by atoms with van der Waals surface area (Å²) in [6.45, 7) is 4.70. The fourth-order valence-electron chi connectivity index (χ4n) is 7.80. The monoisotopic (exact) mass is 537 g/mol. The molecule has 9 rings (SSSR count). The average molecular weight is 538 g/mol. The first-order valence-corrected chi connectivity index (χ1v) is 15.0. The molecule has 0 N–H and O–H groups in total. The summed E-state index contributed by atoms with van der Waals surface area (Å²) >= 11 is 0. The molecule has 0 saturated carbocycles. The van der Waals surface area contributed by atoms with E-state index in [0.717, 1.165) is 12.8 Å². The SMILES string of the molecule is CC1(C)c2ccccc2-c2cc(N(c3ccc4c(c3)-c3ccccc3C4)c3ccc4c(c3)-c3ccccc3C4)ccc21. The molecule has 42 heavy (non-hydrogen) atoms. The van der Waals surface area contributed by atoms with Crippen molar-refractivity contribution in [1.29, 1.82) is 0 Å². The molecule has 3 aliphatic carbocycles. The molecule has 0 aliphatic heterocycles. The summed E-state index contributed by atoms with van der Waals surface area (Å²) in [4.78, 5) is 2.47. The van der Waals surface area contributed by atoms with Gasteiger partial charge in [0.1, 0.15) is 0 Å². The summed E-state index contributed by atoms with van der Waals surface area (Å²) in [5.41, 5.74) is 20.2. The first-order chi connectivity index (χ1) is 20.6. The lowest BCUT2D eigenvalue weighted by Gasteiger charge is -2.28. The van der Waals surface area contributed by atoms with E-state index in [2.05, 4.69) is 146 Å². The number of hydrogen-bond acceptors (Lipinski definition) is 1. The molecule has 1 heteroatoms. The zero-order valence-corrected chi connectivity index (χ0v) is 24.0. The first-order valence-electron chi connectivity index (χ1n) is 15.0. The molecule has 1 nitrogen and oxygen atoms in total. The van der Waals surface area contributed by atoms with Gasteiger partial charge in [0.25, 0.3) is 0 Å². The molecule has 3 aliphatic rings. The van der Waals surface area contributed by atoms with Gasteiger partial charge in [-0.3, -0.25) is 0 Å². The lowest BCUT2D eigenvalue weighted by atomic mass is 9.82. The zero-order valence-electron chi connectivity index (χ0n) is 24.0. The van der Waals surface area contributed by atoms with Gasteiger partial charge in [0, 0.05) is 22.5 Å². The molecule has 0 fully saturated rings. The van der Waals surface area contributed by atoms with E-state index in [1.807, 2.05) is 0 Å². The highest BCUT2D eigenvalue weighted by Crippen LogP contribution is 2.51. The van der Waals surface area contributed by atoms with E-state index in [1.54, 1.807) is 0 Å². The average Bonchev–Trinajstić information content (AvgIpc) is 3.65. The fourth-order valence-corrected chi connectivity index (χ4v) is 7.80. The van der Waals surface area contributed by atoms with Crippen LogP contribution in [-0.4, -0.2) is 0 Å². The van der Waals surface area contributed by atoms with E-state index >= 15 is 0 Å². The third kappa shape index (κ3) is 3.31. The minimum atomic E-state index is -0.0101. The number of rotatable bonds is 3. The maximum Gasteiger partial charge on any atom is 0.0468 e. The highest BCUT2D eigenvalue weighted by molar-refractivity contribution is 5.90. The van der Waals surface area contributed by atoms with Gasteiger partial charge in [-0.2, -0.15) is 0 Å². The molecule has 200 valence electrons. The van der Waals surface area contributed by atoms with Gasteiger partial charge in [-0.1, -0.05) is 105 Å². The smallest absolute Gasteiger partial charge is 0.0468 e. The normalized spacial score (nSPS) is 14.4. The molecule has 0 atom stereocenters. The fraction of sp³-hybridized carbons (Fsp3) is 0.122. The summed E-state index contributed by atoms with van der Waals surface area (Å²) in [6, 6.07) is 47.9. The number of benzene rings is 6. The van der Waals surface area contributed by atoms with Crippen molar-refractivity contribution < 1.29 is 0 Å². The Labute approximate surface area is 247 Å². The Morgan fingerprint density at radius 1 is 0.405 bits per heavy atom. The van der Waals surface area contributed by atoms with Crippen LogP contribution in [0, 0.1) is 0 Å². The Balaban J connectivity index is 1.26. The standard InChI is InChI=1S/C41H31N/c1-41(2)39-14-8-7-13-35(39)38-25-32(19-20-40(38)41)42(30-17-15-28-21-26-9-3-5-11-33(26)36(28)23-30)31-18-16-29-22-27-10-4-6-12-34(27)37(29)24-31/h3-20,23-25H,21-22H2,1-2H3. The molecule has 0 heterocycles. The van der Waals surface area contributed by atoms with Crippen LogP contribution in [0.4, 0.5) is 17.1 Å². The predicted octanol–water partition coefficient (Wildman–Crippen LogP) is 10.6. The zero-order chi connectivity index (χ0) is 28.0. The van der Waals surface area contributed by atoms with Crippen LogP contribution in [0.1, 0.15) is 47.2 Å². The van der Waals surface area contributed by atoms with Gasteiger partial charge in [0.15, 0.2) is 0 Å². The largest absolute Gasteiger partial charge is 0.310 e. The molecular formula is C41H31N. The Morgan fingerprint density at radius 2 is 0.833 bits per heavy atom. The highest BCUT2D eigenvalue weighted by Gasteiger charge is 2.35. The predicted molar refractivity (Wildman–Crippen MR) is 175 cm³/mol. The number of anilines is 3. The van der Waals surface area contributed by atoms with Crippen molar-refractivity contribution in [2.75, 3.05) is 4.90 Å². The second-order valence-corrected chi connectivity index (χ2v) is 12.6. The van der Waals surface area contributed by atoms with Gasteiger partial charge in [-0.15, -0.1) is 0 Å². The molecule has 0 aromatic heterocycles. The summed E-state index contributed by atoms with van der Waals surface area (Å²) < 4.78 is 0. The van der Waals surface area contributed by atoms with Gasteiger partial charge in [-0.25, -0.2) is 0 Å². The third-order valence-corrected chi connectivity index (χ3v) is 9.91. The summed E-state index contributed by atoms with van der Waals surface area (Å²) in [7, 11) is 0. The van der Waals surface area contributed by atoms with Crippen LogP contribution in [0.3, 0.4) is 0 Å². The molecule has 0 saturated heterocycles. The quantitative estimate of drug-likeness (QED) is 0.217. The van der Waals surface area contributed by atoms with E-state index < -0.39 is 0 Å². The molecule has 6 aromatic carbocycles. The lowest BCUT2D eigenvalue weighted by molar-refractivity contribution is 0.660. The summed E-state index contributed by atoms with van der Waals surface area (Å²) in [5, 5.41) is 0. The van der Waals surface area contributed by atoms with Crippen molar-refractivity contribution in [3.8, 4) is 33.4 Å². The van der Waals surface area contributed by atoms with Crippen LogP contribution in [0.25, 0.3) is 33.4 Å². The van der Waals surface area contributed by atoms with Crippen LogP contribution < -0.4 is 4.90 Å². The van der Waals surface area contributed by atoms with Crippen molar-refractivity contribution in [2.24, 2.45) is 0 Å². The van der Waals surface area contributed by atoms with Gasteiger partial charge >= 0.3 is 0 Å². The molecule has 0 radical (unpaired) electrons. The molecule has 0 bridgehead atoms. The van der Waals surface area contributed by atoms with E-state index in [1.165, 1.54) is 83.8 Å². The number of nitrogens with zero attached hydrogens (tertiary/aromatic N) is 1. The van der Waals surface area contributed by atoms with E-state index in [9.17, 15) is 0 Å². The molecule has 0 amide bonds. The Morgan fingerprint density at radius 3 is 1.43 bits per heavy atom. The minimum absolute atomic E-state index is 0.0101. The van der Waals surface area contributed by atoms with E-state index in [-0.39, 0.29) is 5.41 Å². The van der Waals surface area contributed by atoms with Gasteiger partial charge < -0.3 is 4.90 Å². The van der Waals surface area contributed by atoms with Crippen molar-refractivity contribution in [3.63, 3.8) is 0 Å². The topological polar surface area (TPSA) is 3.24 Å².